The maximum Gasteiger partial charge on any atom is 0.337 e. The van der Waals surface area contributed by atoms with E-state index in [4.69, 9.17) is 28.1 Å². The molecular formula is C27H42O7Si. The van der Waals surface area contributed by atoms with Gasteiger partial charge < -0.3 is 28.1 Å². The van der Waals surface area contributed by atoms with Crippen molar-refractivity contribution in [2.75, 3.05) is 14.2 Å². The van der Waals surface area contributed by atoms with Gasteiger partial charge in [-0.25, -0.2) is 4.79 Å². The van der Waals surface area contributed by atoms with Crippen molar-refractivity contribution in [1.29, 1.82) is 0 Å². The summed E-state index contributed by atoms with van der Waals surface area (Å²) in [6, 6.07) is 7.71. The predicted molar refractivity (Wildman–Crippen MR) is 138 cm³/mol. The van der Waals surface area contributed by atoms with Crippen LogP contribution in [0, 0.1) is 0 Å². The lowest BCUT2D eigenvalue weighted by atomic mass is 10.0. The van der Waals surface area contributed by atoms with Crippen LogP contribution >= 0.6 is 0 Å². The van der Waals surface area contributed by atoms with Gasteiger partial charge in [-0.1, -0.05) is 39.5 Å². The van der Waals surface area contributed by atoms with Gasteiger partial charge in [0.25, 0.3) is 0 Å². The minimum Gasteiger partial charge on any atom is -0.497 e. The molecule has 7 nitrogen and oxygen atoms in total. The molecule has 2 rings (SSSR count). The Labute approximate surface area is 211 Å². The third-order valence-electron chi connectivity index (χ3n) is 6.57. The smallest absolute Gasteiger partial charge is 0.337 e. The van der Waals surface area contributed by atoms with Crippen molar-refractivity contribution in [3.05, 3.63) is 48.2 Å². The molecule has 0 spiro atoms. The zero-order valence-electron chi connectivity index (χ0n) is 22.7. The molecule has 0 bridgehead atoms. The van der Waals surface area contributed by atoms with Gasteiger partial charge in [0.15, 0.2) is 20.2 Å². The van der Waals surface area contributed by atoms with Crippen molar-refractivity contribution in [2.45, 2.75) is 96.0 Å². The molecule has 4 atom stereocenters. The summed E-state index contributed by atoms with van der Waals surface area (Å²) in [6.45, 7) is 18.5. The highest BCUT2D eigenvalue weighted by molar-refractivity contribution is 6.74. The van der Waals surface area contributed by atoms with Crippen molar-refractivity contribution in [1.82, 2.24) is 0 Å². The highest BCUT2D eigenvalue weighted by atomic mass is 28.4. The third kappa shape index (κ3) is 8.03. The average Bonchev–Trinajstić information content (AvgIpc) is 3.11. The van der Waals surface area contributed by atoms with Crippen molar-refractivity contribution in [2.24, 2.45) is 0 Å². The quantitative estimate of drug-likeness (QED) is 0.226. The lowest BCUT2D eigenvalue weighted by Gasteiger charge is -2.41. The maximum atomic E-state index is 12.6. The van der Waals surface area contributed by atoms with Gasteiger partial charge in [0, 0.05) is 6.42 Å². The second kappa shape index (κ2) is 11.9. The Morgan fingerprint density at radius 2 is 1.83 bits per heavy atom. The molecule has 0 amide bonds. The van der Waals surface area contributed by atoms with Crippen molar-refractivity contribution in [3.8, 4) is 5.75 Å². The van der Waals surface area contributed by atoms with Crippen LogP contribution in [0.1, 0.15) is 46.6 Å². The van der Waals surface area contributed by atoms with Crippen molar-refractivity contribution < 1.29 is 32.9 Å². The summed E-state index contributed by atoms with van der Waals surface area (Å²) in [4.78, 5) is 12.6. The number of hydrogen-bond donors (Lipinski definition) is 0. The maximum absolute atomic E-state index is 12.6. The largest absolute Gasteiger partial charge is 0.497 e. The summed E-state index contributed by atoms with van der Waals surface area (Å²) in [5, 5.41) is -0.0469. The van der Waals surface area contributed by atoms with E-state index in [1.54, 1.807) is 27.0 Å². The first kappa shape index (κ1) is 29.3. The average molecular weight is 507 g/mol. The van der Waals surface area contributed by atoms with E-state index in [9.17, 15) is 4.79 Å². The Hall–Kier alpha value is -1.93. The second-order valence-corrected chi connectivity index (χ2v) is 15.5. The molecule has 1 aliphatic heterocycles. The van der Waals surface area contributed by atoms with Crippen molar-refractivity contribution >= 4 is 14.3 Å². The number of ether oxygens (including phenoxy) is 5. The SMILES string of the molecule is C=C=C[C@@H](C[C@H](O[Si](C)(C)C(C)(C)C)[C@@H]1OC(C)(C)O[C@@H]1C(=O)OC)OCc1ccc(OC)cc1. The van der Waals surface area contributed by atoms with Crippen molar-refractivity contribution in [3.63, 3.8) is 0 Å². The summed E-state index contributed by atoms with van der Waals surface area (Å²) < 4.78 is 35.5. The Kier molecular flexibility index (Phi) is 9.93. The molecule has 196 valence electrons. The summed E-state index contributed by atoms with van der Waals surface area (Å²) in [7, 11) is 0.731. The molecule has 0 unspecified atom stereocenters. The molecule has 1 heterocycles. The fourth-order valence-corrected chi connectivity index (χ4v) is 4.97. The molecule has 0 saturated carbocycles. The van der Waals surface area contributed by atoms with Crippen LogP contribution in [0.3, 0.4) is 0 Å². The molecule has 0 radical (unpaired) electrons. The number of esters is 1. The Morgan fingerprint density at radius 1 is 1.20 bits per heavy atom. The highest BCUT2D eigenvalue weighted by Gasteiger charge is 2.52. The minimum absolute atomic E-state index is 0.0469. The number of carbonyl (C=O) groups excluding carboxylic acids is 1. The lowest BCUT2D eigenvalue weighted by Crippen LogP contribution is -2.51. The van der Waals surface area contributed by atoms with Crippen LogP contribution in [-0.4, -0.2) is 58.7 Å². The number of carbonyl (C=O) groups is 1. The fraction of sp³-hybridized carbons (Fsp3) is 0.630. The van der Waals surface area contributed by atoms with Crippen LogP contribution in [0.4, 0.5) is 0 Å². The number of benzene rings is 1. The Bertz CT molecular complexity index is 882. The molecule has 35 heavy (non-hydrogen) atoms. The molecular weight excluding hydrogens is 464 g/mol. The third-order valence-corrected chi connectivity index (χ3v) is 11.1. The van der Waals surface area contributed by atoms with E-state index in [1.807, 2.05) is 24.3 Å². The van der Waals surface area contributed by atoms with Gasteiger partial charge in [-0.15, -0.1) is 5.73 Å². The van der Waals surface area contributed by atoms with Crippen LogP contribution < -0.4 is 4.74 Å². The number of hydrogen-bond acceptors (Lipinski definition) is 7. The van der Waals surface area contributed by atoms with Crippen LogP contribution in [0.15, 0.2) is 42.7 Å². The van der Waals surface area contributed by atoms with Crippen LogP contribution in [0.25, 0.3) is 0 Å². The molecule has 1 aliphatic rings. The van der Waals surface area contributed by atoms with E-state index >= 15 is 0 Å². The van der Waals surface area contributed by atoms with Gasteiger partial charge in [-0.2, -0.15) is 0 Å². The number of methoxy groups -OCH3 is 2. The normalized spacial score (nSPS) is 21.6. The summed E-state index contributed by atoms with van der Waals surface area (Å²) in [6.07, 6.45) is -0.193. The van der Waals surface area contributed by atoms with E-state index < -0.39 is 38.4 Å². The van der Waals surface area contributed by atoms with Crippen LogP contribution in [0.2, 0.25) is 18.1 Å². The molecule has 1 aromatic carbocycles. The molecule has 8 heteroatoms. The van der Waals surface area contributed by atoms with Crippen LogP contribution in [-0.2, 0) is 34.8 Å². The van der Waals surface area contributed by atoms with Gasteiger partial charge in [-0.05, 0) is 55.8 Å². The lowest BCUT2D eigenvalue weighted by molar-refractivity contribution is -0.169. The van der Waals surface area contributed by atoms with Crippen LogP contribution in [0.5, 0.6) is 5.75 Å². The Balaban J connectivity index is 2.32. The standard InChI is InChI=1S/C27H42O7Si/c1-11-12-21(31-18-19-13-15-20(29-7)16-14-19)17-22(34-35(9,10)26(2,3)4)23-24(25(28)30-8)33-27(5,6)32-23/h12-16,21-24H,1,17-18H2,2-10H3/t21-,22-,23-,24-/m0/s1. The van der Waals surface area contributed by atoms with Gasteiger partial charge in [0.1, 0.15) is 11.9 Å². The topological polar surface area (TPSA) is 72.5 Å². The van der Waals surface area contributed by atoms with E-state index in [0.29, 0.717) is 13.0 Å². The first-order chi connectivity index (χ1) is 16.2. The van der Waals surface area contributed by atoms with E-state index in [-0.39, 0.29) is 11.1 Å². The van der Waals surface area contributed by atoms with Gasteiger partial charge in [0.05, 0.1) is 33.0 Å². The zero-order valence-corrected chi connectivity index (χ0v) is 23.7. The monoisotopic (exact) mass is 506 g/mol. The molecule has 0 aliphatic carbocycles. The first-order valence-corrected chi connectivity index (χ1v) is 14.9. The highest BCUT2D eigenvalue weighted by Crippen LogP contribution is 2.41. The molecule has 0 aromatic heterocycles. The minimum atomic E-state index is -2.25. The molecule has 1 aromatic rings. The second-order valence-electron chi connectivity index (χ2n) is 10.8. The van der Waals surface area contributed by atoms with E-state index in [1.165, 1.54) is 7.11 Å². The Morgan fingerprint density at radius 3 is 2.34 bits per heavy atom. The zero-order chi connectivity index (χ0) is 26.4. The molecule has 0 N–H and O–H groups in total. The molecule has 1 fully saturated rings. The van der Waals surface area contributed by atoms with E-state index in [2.05, 4.69) is 46.2 Å². The summed E-state index contributed by atoms with van der Waals surface area (Å²) in [5.74, 6) is -0.653. The summed E-state index contributed by atoms with van der Waals surface area (Å²) in [5.41, 5.74) is 3.85. The predicted octanol–water partition coefficient (Wildman–Crippen LogP) is 5.40. The van der Waals surface area contributed by atoms with E-state index in [0.717, 1.165) is 11.3 Å². The number of rotatable bonds is 11. The first-order valence-electron chi connectivity index (χ1n) is 11.9. The fourth-order valence-electron chi connectivity index (χ4n) is 3.63. The summed E-state index contributed by atoms with van der Waals surface area (Å²) >= 11 is 0. The molecule has 1 saturated heterocycles. The van der Waals surface area contributed by atoms with Gasteiger partial charge in [0.2, 0.25) is 0 Å². The van der Waals surface area contributed by atoms with Gasteiger partial charge in [-0.3, -0.25) is 0 Å². The van der Waals surface area contributed by atoms with Gasteiger partial charge >= 0.3 is 5.97 Å².